The average molecular weight is 638 g/mol. The summed E-state index contributed by atoms with van der Waals surface area (Å²) in [6, 6.07) is 31.7. The van der Waals surface area contributed by atoms with E-state index in [-0.39, 0.29) is 25.2 Å². The van der Waals surface area contributed by atoms with E-state index in [1.165, 1.54) is 12.1 Å². The van der Waals surface area contributed by atoms with E-state index in [0.717, 1.165) is 16.7 Å². The molecule has 244 valence electrons. The Morgan fingerprint density at radius 1 is 0.617 bits per heavy atom. The van der Waals surface area contributed by atoms with Crippen molar-refractivity contribution in [3.63, 3.8) is 0 Å². The van der Waals surface area contributed by atoms with Crippen LogP contribution < -0.4 is 20.7 Å². The quantitative estimate of drug-likeness (QED) is 0.124. The number of amides is 3. The molecule has 4 rings (SSSR count). The number of anilines is 1. The monoisotopic (exact) mass is 637 g/mol. The average Bonchev–Trinajstić information content (AvgIpc) is 3.04. The number of carbonyl (C=O) groups is 4. The highest BCUT2D eigenvalue weighted by Gasteiger charge is 2.30. The number of ether oxygens (including phenoxy) is 3. The highest BCUT2D eigenvalue weighted by atomic mass is 16.6. The van der Waals surface area contributed by atoms with Gasteiger partial charge in [0.25, 0.3) is 0 Å². The maximum absolute atomic E-state index is 13.7. The molecule has 2 atom stereocenters. The van der Waals surface area contributed by atoms with Gasteiger partial charge in [0.2, 0.25) is 5.91 Å². The normalized spacial score (nSPS) is 12.1. The number of rotatable bonds is 12. The maximum Gasteiger partial charge on any atom is 0.411 e. The van der Waals surface area contributed by atoms with Gasteiger partial charge in [0.15, 0.2) is 0 Å². The van der Waals surface area contributed by atoms with Crippen LogP contribution in [0.2, 0.25) is 0 Å². The first kappa shape index (κ1) is 34.2. The molecule has 0 aliphatic rings. The van der Waals surface area contributed by atoms with Gasteiger partial charge in [-0.25, -0.2) is 14.4 Å². The molecular weight excluding hydrogens is 598 g/mol. The van der Waals surface area contributed by atoms with Crippen LogP contribution in [0.4, 0.5) is 15.3 Å². The molecule has 0 aliphatic heterocycles. The van der Waals surface area contributed by atoms with Gasteiger partial charge in [-0.1, -0.05) is 91.0 Å². The zero-order chi connectivity index (χ0) is 33.6. The molecule has 10 nitrogen and oxygen atoms in total. The fourth-order valence-corrected chi connectivity index (χ4v) is 4.49. The van der Waals surface area contributed by atoms with Crippen LogP contribution in [0, 0.1) is 0 Å². The fraction of sp³-hybridized carbons (Fsp3) is 0.243. The minimum Gasteiger partial charge on any atom is -0.444 e. The summed E-state index contributed by atoms with van der Waals surface area (Å²) in [5.74, 6) is -1.08. The first-order chi connectivity index (χ1) is 22.5. The van der Waals surface area contributed by atoms with Gasteiger partial charge in [-0.2, -0.15) is 0 Å². The molecule has 0 bridgehead atoms. The van der Waals surface area contributed by atoms with E-state index in [0.29, 0.717) is 5.69 Å². The van der Waals surface area contributed by atoms with Crippen molar-refractivity contribution in [2.75, 3.05) is 5.32 Å². The Balaban J connectivity index is 1.44. The number of benzene rings is 4. The van der Waals surface area contributed by atoms with E-state index in [9.17, 15) is 19.2 Å². The van der Waals surface area contributed by atoms with E-state index in [2.05, 4.69) is 16.0 Å². The van der Waals surface area contributed by atoms with Crippen molar-refractivity contribution >= 4 is 29.8 Å². The lowest BCUT2D eigenvalue weighted by atomic mass is 10.0. The summed E-state index contributed by atoms with van der Waals surface area (Å²) in [4.78, 5) is 52.0. The lowest BCUT2D eigenvalue weighted by Crippen LogP contribution is -2.54. The lowest BCUT2D eigenvalue weighted by Gasteiger charge is -2.25. The number of hydrogen-bond acceptors (Lipinski definition) is 7. The van der Waals surface area contributed by atoms with Crippen molar-refractivity contribution in [1.82, 2.24) is 10.6 Å². The van der Waals surface area contributed by atoms with Crippen LogP contribution in [0.5, 0.6) is 5.75 Å². The van der Waals surface area contributed by atoms with E-state index in [4.69, 9.17) is 14.2 Å². The number of esters is 1. The van der Waals surface area contributed by atoms with Crippen molar-refractivity contribution in [3.8, 4) is 5.75 Å². The minimum absolute atomic E-state index is 0.121. The number of hydrogen-bond donors (Lipinski definition) is 3. The third-order valence-corrected chi connectivity index (χ3v) is 6.71. The summed E-state index contributed by atoms with van der Waals surface area (Å²) in [7, 11) is 0. The van der Waals surface area contributed by atoms with E-state index in [1.54, 1.807) is 32.9 Å². The van der Waals surface area contributed by atoms with Crippen LogP contribution in [-0.2, 0) is 38.5 Å². The van der Waals surface area contributed by atoms with Crippen molar-refractivity contribution < 1.29 is 33.4 Å². The standard InChI is InChI=1S/C37H39N3O7/c1-37(2,3)47-36(44)40-31(23-26-13-7-4-8-14-26)33(41)39-32(24-27-15-9-5-10-16-27)34(42)46-30-21-19-29(20-22-30)38-35(43)45-25-28-17-11-6-12-18-28/h4-22,31-32H,23-25H2,1-3H3,(H,38,43)(H,39,41)(H,40,44)/t31-,32-/m0/s1. The predicted octanol–water partition coefficient (Wildman–Crippen LogP) is 6.20. The Morgan fingerprint density at radius 2 is 1.13 bits per heavy atom. The molecule has 0 fully saturated rings. The molecule has 0 radical (unpaired) electrons. The molecule has 0 unspecified atom stereocenters. The zero-order valence-electron chi connectivity index (χ0n) is 26.6. The fourth-order valence-electron chi connectivity index (χ4n) is 4.49. The van der Waals surface area contributed by atoms with Crippen LogP contribution in [0.3, 0.4) is 0 Å². The first-order valence-electron chi connectivity index (χ1n) is 15.2. The van der Waals surface area contributed by atoms with Gasteiger partial charge in [0.1, 0.15) is 30.0 Å². The molecule has 10 heteroatoms. The van der Waals surface area contributed by atoms with Crippen LogP contribution in [0.25, 0.3) is 0 Å². The van der Waals surface area contributed by atoms with Crippen LogP contribution in [0.1, 0.15) is 37.5 Å². The van der Waals surface area contributed by atoms with Crippen molar-refractivity contribution in [3.05, 3.63) is 132 Å². The maximum atomic E-state index is 13.7. The lowest BCUT2D eigenvalue weighted by molar-refractivity contribution is -0.139. The molecule has 0 saturated heterocycles. The SMILES string of the molecule is CC(C)(C)OC(=O)N[C@@H](Cc1ccccc1)C(=O)N[C@@H](Cc1ccccc1)C(=O)Oc1ccc(NC(=O)OCc2ccccc2)cc1. The smallest absolute Gasteiger partial charge is 0.411 e. The van der Waals surface area contributed by atoms with Crippen LogP contribution >= 0.6 is 0 Å². The largest absolute Gasteiger partial charge is 0.444 e. The molecule has 0 saturated carbocycles. The van der Waals surface area contributed by atoms with Crippen molar-refractivity contribution in [2.24, 2.45) is 0 Å². The third kappa shape index (κ3) is 12.0. The van der Waals surface area contributed by atoms with Crippen molar-refractivity contribution in [1.29, 1.82) is 0 Å². The number of alkyl carbamates (subject to hydrolysis) is 1. The molecule has 4 aromatic carbocycles. The highest BCUT2D eigenvalue weighted by Crippen LogP contribution is 2.18. The molecule has 4 aromatic rings. The van der Waals surface area contributed by atoms with Gasteiger partial charge in [0, 0.05) is 18.5 Å². The second-order valence-corrected chi connectivity index (χ2v) is 11.8. The zero-order valence-corrected chi connectivity index (χ0v) is 26.6. The van der Waals surface area contributed by atoms with E-state index < -0.39 is 41.7 Å². The minimum atomic E-state index is -1.09. The van der Waals surface area contributed by atoms with Gasteiger partial charge in [-0.15, -0.1) is 0 Å². The Labute approximate surface area is 274 Å². The van der Waals surface area contributed by atoms with E-state index in [1.807, 2.05) is 91.0 Å². The number of carbonyl (C=O) groups excluding carboxylic acids is 4. The summed E-state index contributed by atoms with van der Waals surface area (Å²) >= 11 is 0. The van der Waals surface area contributed by atoms with Gasteiger partial charge >= 0.3 is 18.2 Å². The molecule has 0 heterocycles. The van der Waals surface area contributed by atoms with Gasteiger partial charge in [-0.05, 0) is 61.7 Å². The first-order valence-corrected chi connectivity index (χ1v) is 15.2. The Morgan fingerprint density at radius 3 is 1.66 bits per heavy atom. The second-order valence-electron chi connectivity index (χ2n) is 11.8. The van der Waals surface area contributed by atoms with E-state index >= 15 is 0 Å². The number of nitrogens with one attached hydrogen (secondary N) is 3. The predicted molar refractivity (Wildman–Crippen MR) is 178 cm³/mol. The summed E-state index contributed by atoms with van der Waals surface area (Å²) in [6.45, 7) is 5.30. The summed E-state index contributed by atoms with van der Waals surface area (Å²) in [6.07, 6.45) is -1.08. The summed E-state index contributed by atoms with van der Waals surface area (Å²) in [5, 5.41) is 8.06. The molecule has 3 N–H and O–H groups in total. The van der Waals surface area contributed by atoms with Gasteiger partial charge < -0.3 is 24.8 Å². The molecular formula is C37H39N3O7. The van der Waals surface area contributed by atoms with Gasteiger partial charge in [-0.3, -0.25) is 10.1 Å². The molecule has 0 aromatic heterocycles. The molecule has 47 heavy (non-hydrogen) atoms. The molecule has 0 aliphatic carbocycles. The third-order valence-electron chi connectivity index (χ3n) is 6.71. The van der Waals surface area contributed by atoms with Crippen LogP contribution in [-0.4, -0.2) is 41.7 Å². The van der Waals surface area contributed by atoms with Crippen molar-refractivity contribution in [2.45, 2.75) is 57.9 Å². The molecule has 0 spiro atoms. The second kappa shape index (κ2) is 16.6. The van der Waals surface area contributed by atoms with Gasteiger partial charge in [0.05, 0.1) is 0 Å². The Hall–Kier alpha value is -5.64. The summed E-state index contributed by atoms with van der Waals surface area (Å²) < 4.78 is 16.3. The Kier molecular flexibility index (Phi) is 12.1. The summed E-state index contributed by atoms with van der Waals surface area (Å²) in [5.41, 5.74) is 2.13. The van der Waals surface area contributed by atoms with Crippen LogP contribution in [0.15, 0.2) is 115 Å². The topological polar surface area (TPSA) is 132 Å². The molecule has 3 amide bonds. The highest BCUT2D eigenvalue weighted by molar-refractivity contribution is 5.90. The Bertz CT molecular complexity index is 1610.